The van der Waals surface area contributed by atoms with Gasteiger partial charge in [-0.2, -0.15) is 0 Å². The third-order valence-electron chi connectivity index (χ3n) is 6.63. The summed E-state index contributed by atoms with van der Waals surface area (Å²) >= 11 is 3.52. The average molecular weight is 514 g/mol. The van der Waals surface area contributed by atoms with Crippen molar-refractivity contribution in [2.75, 3.05) is 0 Å². The van der Waals surface area contributed by atoms with Crippen molar-refractivity contribution in [2.45, 2.75) is 90.3 Å². The molecule has 0 radical (unpaired) electrons. The van der Waals surface area contributed by atoms with E-state index < -0.39 is 6.04 Å². The first kappa shape index (κ1) is 25.5. The second kappa shape index (κ2) is 12.4. The van der Waals surface area contributed by atoms with Crippen LogP contribution in [0.25, 0.3) is 0 Å². The van der Waals surface area contributed by atoms with Crippen molar-refractivity contribution >= 4 is 27.7 Å². The topological polar surface area (TPSA) is 49.4 Å². The van der Waals surface area contributed by atoms with E-state index in [2.05, 4.69) is 59.4 Å². The minimum Gasteiger partial charge on any atom is -0.352 e. The van der Waals surface area contributed by atoms with Crippen molar-refractivity contribution < 1.29 is 9.59 Å². The van der Waals surface area contributed by atoms with Crippen LogP contribution in [-0.4, -0.2) is 28.8 Å². The van der Waals surface area contributed by atoms with Crippen LogP contribution in [0.3, 0.4) is 0 Å². The number of benzene rings is 2. The summed E-state index contributed by atoms with van der Waals surface area (Å²) in [6.45, 7) is 6.63. The summed E-state index contributed by atoms with van der Waals surface area (Å²) in [5.41, 5.74) is 3.46. The molecular weight excluding hydrogens is 476 g/mol. The Morgan fingerprint density at radius 1 is 1.00 bits per heavy atom. The molecule has 1 unspecified atom stereocenters. The van der Waals surface area contributed by atoms with Crippen LogP contribution >= 0.6 is 15.9 Å². The van der Waals surface area contributed by atoms with Gasteiger partial charge in [-0.3, -0.25) is 9.59 Å². The smallest absolute Gasteiger partial charge is 0.242 e. The van der Waals surface area contributed by atoms with Crippen LogP contribution in [0.15, 0.2) is 53.0 Å². The Morgan fingerprint density at radius 2 is 1.70 bits per heavy atom. The minimum atomic E-state index is -0.512. The van der Waals surface area contributed by atoms with E-state index in [1.807, 2.05) is 31.2 Å². The highest BCUT2D eigenvalue weighted by atomic mass is 79.9. The molecule has 0 heterocycles. The Kier molecular flexibility index (Phi) is 9.54. The molecule has 1 aliphatic rings. The molecule has 2 amide bonds. The molecule has 0 aromatic heterocycles. The maximum atomic E-state index is 13.4. The number of carbonyl (C=O) groups excluding carboxylic acids is 2. The molecule has 1 atom stereocenters. The first-order valence-corrected chi connectivity index (χ1v) is 13.1. The van der Waals surface area contributed by atoms with Crippen LogP contribution in [0.1, 0.15) is 81.9 Å². The van der Waals surface area contributed by atoms with Gasteiger partial charge in [0, 0.05) is 23.5 Å². The van der Waals surface area contributed by atoms with E-state index in [1.165, 1.54) is 12.0 Å². The van der Waals surface area contributed by atoms with Gasteiger partial charge in [0.15, 0.2) is 0 Å². The molecule has 3 rings (SSSR count). The van der Waals surface area contributed by atoms with Gasteiger partial charge in [0.2, 0.25) is 11.8 Å². The van der Waals surface area contributed by atoms with E-state index >= 15 is 0 Å². The number of carbonyl (C=O) groups is 2. The highest BCUT2D eigenvalue weighted by Gasteiger charge is 2.28. The lowest BCUT2D eigenvalue weighted by Crippen LogP contribution is -2.50. The Hall–Kier alpha value is -2.14. The number of rotatable bonds is 9. The molecule has 0 bridgehead atoms. The van der Waals surface area contributed by atoms with E-state index in [1.54, 1.807) is 4.90 Å². The van der Waals surface area contributed by atoms with Crippen LogP contribution in [0, 0.1) is 0 Å². The van der Waals surface area contributed by atoms with Crippen LogP contribution < -0.4 is 5.32 Å². The Labute approximate surface area is 207 Å². The Bertz CT molecular complexity index is 920. The number of halogens is 1. The molecule has 2 aromatic rings. The zero-order valence-corrected chi connectivity index (χ0v) is 21.7. The quantitative estimate of drug-likeness (QED) is 0.424. The number of nitrogens with zero attached hydrogens (tertiary/aromatic N) is 1. The van der Waals surface area contributed by atoms with Crippen molar-refractivity contribution in [3.8, 4) is 0 Å². The molecule has 1 N–H and O–H groups in total. The maximum absolute atomic E-state index is 13.4. The first-order valence-electron chi connectivity index (χ1n) is 12.3. The van der Waals surface area contributed by atoms with Gasteiger partial charge in [-0.05, 0) is 60.9 Å². The largest absolute Gasteiger partial charge is 0.352 e. The molecule has 0 saturated heterocycles. The number of amides is 2. The molecule has 2 aromatic carbocycles. The summed E-state index contributed by atoms with van der Waals surface area (Å²) in [5.74, 6) is 0.450. The molecule has 0 aliphatic heterocycles. The zero-order chi connectivity index (χ0) is 23.8. The number of aryl methyl sites for hydroxylation is 1. The third-order valence-corrected chi connectivity index (χ3v) is 7.13. The summed E-state index contributed by atoms with van der Waals surface area (Å²) in [5, 5.41) is 3.20. The van der Waals surface area contributed by atoms with Gasteiger partial charge in [0.05, 0.1) is 0 Å². The second-order valence-corrected chi connectivity index (χ2v) is 10.5. The fraction of sp³-hybridized carbons (Fsp3) is 0.500. The predicted octanol–water partition coefficient (Wildman–Crippen LogP) is 6.37. The van der Waals surface area contributed by atoms with Crippen molar-refractivity contribution in [3.05, 3.63) is 69.7 Å². The molecule has 178 valence electrons. The average Bonchev–Trinajstić information content (AvgIpc) is 2.81. The summed E-state index contributed by atoms with van der Waals surface area (Å²) in [4.78, 5) is 28.2. The van der Waals surface area contributed by atoms with Gasteiger partial charge in [0.1, 0.15) is 6.04 Å². The molecule has 1 aliphatic carbocycles. The molecular formula is C28H37BrN2O2. The highest BCUT2D eigenvalue weighted by Crippen LogP contribution is 2.20. The van der Waals surface area contributed by atoms with E-state index in [-0.39, 0.29) is 17.9 Å². The fourth-order valence-electron chi connectivity index (χ4n) is 4.45. The van der Waals surface area contributed by atoms with Crippen LogP contribution in [0.2, 0.25) is 0 Å². The zero-order valence-electron chi connectivity index (χ0n) is 20.1. The number of hydrogen-bond donors (Lipinski definition) is 1. The third kappa shape index (κ3) is 7.70. The lowest BCUT2D eigenvalue weighted by atomic mass is 9.95. The van der Waals surface area contributed by atoms with Crippen LogP contribution in [0.4, 0.5) is 0 Å². The van der Waals surface area contributed by atoms with Crippen molar-refractivity contribution in [1.29, 1.82) is 0 Å². The summed E-state index contributed by atoms with van der Waals surface area (Å²) < 4.78 is 0.969. The summed E-state index contributed by atoms with van der Waals surface area (Å²) in [6.07, 6.45) is 6.69. The van der Waals surface area contributed by atoms with Crippen LogP contribution in [0.5, 0.6) is 0 Å². The monoisotopic (exact) mass is 512 g/mol. The Balaban J connectivity index is 1.69. The maximum Gasteiger partial charge on any atom is 0.242 e. The molecule has 5 heteroatoms. The van der Waals surface area contributed by atoms with Crippen LogP contribution in [-0.2, 0) is 22.6 Å². The normalized spacial score (nSPS) is 15.3. The minimum absolute atomic E-state index is 0.00852. The number of nitrogens with one attached hydrogen (secondary N) is 1. The highest BCUT2D eigenvalue weighted by molar-refractivity contribution is 9.10. The summed E-state index contributed by atoms with van der Waals surface area (Å²) in [6, 6.07) is 16.2. The molecule has 0 spiro atoms. The molecule has 33 heavy (non-hydrogen) atoms. The van der Waals surface area contributed by atoms with Crippen molar-refractivity contribution in [3.63, 3.8) is 0 Å². The Morgan fingerprint density at radius 3 is 2.33 bits per heavy atom. The van der Waals surface area contributed by atoms with E-state index in [0.29, 0.717) is 25.3 Å². The van der Waals surface area contributed by atoms with Gasteiger partial charge in [-0.1, -0.05) is 85.4 Å². The van der Waals surface area contributed by atoms with Crippen molar-refractivity contribution in [2.24, 2.45) is 0 Å². The second-order valence-electron chi connectivity index (χ2n) is 9.57. The van der Waals surface area contributed by atoms with Gasteiger partial charge in [-0.25, -0.2) is 0 Å². The predicted molar refractivity (Wildman–Crippen MR) is 138 cm³/mol. The van der Waals surface area contributed by atoms with Crippen molar-refractivity contribution in [1.82, 2.24) is 10.2 Å². The van der Waals surface area contributed by atoms with E-state index in [9.17, 15) is 9.59 Å². The molecule has 4 nitrogen and oxygen atoms in total. The summed E-state index contributed by atoms with van der Waals surface area (Å²) in [7, 11) is 0. The standard InChI is InChI=1S/C28H37BrN2O2/c1-20(2)24-15-12-22(13-16-24)14-17-27(32)31(19-23-8-7-9-25(29)18-23)21(3)28(33)30-26-10-5-4-6-11-26/h7-9,12-13,15-16,18,20-21,26H,4-6,10-11,14,17,19H2,1-3H3,(H,30,33). The van der Waals surface area contributed by atoms with Gasteiger partial charge in [0.25, 0.3) is 0 Å². The van der Waals surface area contributed by atoms with E-state index in [0.717, 1.165) is 41.3 Å². The van der Waals surface area contributed by atoms with Gasteiger partial charge < -0.3 is 10.2 Å². The lowest BCUT2D eigenvalue weighted by molar-refractivity contribution is -0.141. The van der Waals surface area contributed by atoms with E-state index in [4.69, 9.17) is 0 Å². The van der Waals surface area contributed by atoms with Gasteiger partial charge in [-0.15, -0.1) is 0 Å². The SMILES string of the molecule is CC(C)c1ccc(CCC(=O)N(Cc2cccc(Br)c2)C(C)C(=O)NC2CCCCC2)cc1. The first-order chi connectivity index (χ1) is 15.8. The lowest BCUT2D eigenvalue weighted by Gasteiger charge is -2.31. The van der Waals surface area contributed by atoms with Gasteiger partial charge >= 0.3 is 0 Å². The number of hydrogen-bond acceptors (Lipinski definition) is 2. The fourth-order valence-corrected chi connectivity index (χ4v) is 4.89. The molecule has 1 fully saturated rings. The molecule has 1 saturated carbocycles.